The number of esters is 1. The molecule has 1 amide bonds. The average molecular weight is 352 g/mol. The molecular weight excluding hydrogens is 328 g/mol. The second-order valence-corrected chi connectivity index (χ2v) is 6.61. The van der Waals surface area contributed by atoms with Crippen molar-refractivity contribution < 1.29 is 14.3 Å². The van der Waals surface area contributed by atoms with E-state index in [2.05, 4.69) is 10.2 Å². The molecule has 0 radical (unpaired) electrons. The van der Waals surface area contributed by atoms with E-state index in [9.17, 15) is 9.59 Å². The van der Waals surface area contributed by atoms with Crippen LogP contribution >= 0.6 is 0 Å². The van der Waals surface area contributed by atoms with Crippen LogP contribution < -0.4 is 10.2 Å². The normalized spacial score (nSPS) is 13.5. The van der Waals surface area contributed by atoms with E-state index in [0.717, 1.165) is 24.2 Å². The molecule has 0 aromatic heterocycles. The molecule has 3 rings (SSSR count). The molecule has 1 aliphatic heterocycles. The standard InChI is InChI=1S/C21H24N2O3/c1-16-4-6-17(7-5-16)14-21(25)26-15-20(24)22-18-8-10-19(11-9-18)23-12-2-3-13-23/h4-11H,2-3,12-15H2,1H3,(H,22,24). The van der Waals surface area contributed by atoms with Gasteiger partial charge in [0.05, 0.1) is 6.42 Å². The first-order chi connectivity index (χ1) is 12.6. The first-order valence-corrected chi connectivity index (χ1v) is 8.96. The van der Waals surface area contributed by atoms with Crippen molar-refractivity contribution in [3.05, 3.63) is 59.7 Å². The lowest BCUT2D eigenvalue weighted by Gasteiger charge is -2.17. The van der Waals surface area contributed by atoms with Crippen molar-refractivity contribution in [2.24, 2.45) is 0 Å². The number of benzene rings is 2. The topological polar surface area (TPSA) is 58.6 Å². The van der Waals surface area contributed by atoms with Gasteiger partial charge in [-0.25, -0.2) is 0 Å². The summed E-state index contributed by atoms with van der Waals surface area (Å²) in [6, 6.07) is 15.4. The Hall–Kier alpha value is -2.82. The van der Waals surface area contributed by atoms with Gasteiger partial charge in [0.15, 0.2) is 6.61 Å². The minimum atomic E-state index is -0.409. The lowest BCUT2D eigenvalue weighted by Crippen LogP contribution is -2.22. The molecular formula is C21H24N2O3. The number of nitrogens with zero attached hydrogens (tertiary/aromatic N) is 1. The molecule has 1 aliphatic rings. The number of carbonyl (C=O) groups excluding carboxylic acids is 2. The maximum Gasteiger partial charge on any atom is 0.310 e. The van der Waals surface area contributed by atoms with Crippen LogP contribution in [0.3, 0.4) is 0 Å². The Labute approximate surface area is 154 Å². The number of anilines is 2. The molecule has 0 unspecified atom stereocenters. The molecule has 0 bridgehead atoms. The number of hydrogen-bond donors (Lipinski definition) is 1. The Bertz CT molecular complexity index is 748. The Balaban J connectivity index is 1.43. The van der Waals surface area contributed by atoms with Crippen LogP contribution in [0.25, 0.3) is 0 Å². The van der Waals surface area contributed by atoms with E-state index in [4.69, 9.17) is 4.74 Å². The molecule has 136 valence electrons. The van der Waals surface area contributed by atoms with E-state index in [-0.39, 0.29) is 18.9 Å². The quantitative estimate of drug-likeness (QED) is 0.810. The summed E-state index contributed by atoms with van der Waals surface area (Å²) < 4.78 is 5.06. The van der Waals surface area contributed by atoms with Crippen LogP contribution in [0.1, 0.15) is 24.0 Å². The van der Waals surface area contributed by atoms with Crippen LogP contribution in [0, 0.1) is 6.92 Å². The zero-order valence-corrected chi connectivity index (χ0v) is 15.0. The Morgan fingerprint density at radius 1 is 1.00 bits per heavy atom. The van der Waals surface area contributed by atoms with Crippen molar-refractivity contribution in [3.63, 3.8) is 0 Å². The van der Waals surface area contributed by atoms with Crippen LogP contribution in [-0.4, -0.2) is 31.6 Å². The fraction of sp³-hybridized carbons (Fsp3) is 0.333. The molecule has 1 fully saturated rings. The van der Waals surface area contributed by atoms with Gasteiger partial charge < -0.3 is 15.0 Å². The summed E-state index contributed by atoms with van der Waals surface area (Å²) in [4.78, 5) is 26.1. The number of amides is 1. The Morgan fingerprint density at radius 3 is 2.31 bits per heavy atom. The molecule has 1 N–H and O–H groups in total. The third-order valence-corrected chi connectivity index (χ3v) is 4.46. The number of ether oxygens (including phenoxy) is 1. The highest BCUT2D eigenvalue weighted by molar-refractivity contribution is 5.93. The summed E-state index contributed by atoms with van der Waals surface area (Å²) in [5, 5.41) is 2.75. The monoisotopic (exact) mass is 352 g/mol. The number of rotatable bonds is 6. The Morgan fingerprint density at radius 2 is 1.65 bits per heavy atom. The maximum atomic E-state index is 12.0. The smallest absolute Gasteiger partial charge is 0.310 e. The summed E-state index contributed by atoms with van der Waals surface area (Å²) in [5.74, 6) is -0.746. The van der Waals surface area contributed by atoms with Gasteiger partial charge in [-0.1, -0.05) is 29.8 Å². The van der Waals surface area contributed by atoms with E-state index in [1.54, 1.807) is 0 Å². The minimum absolute atomic E-state index is 0.165. The maximum absolute atomic E-state index is 12.0. The van der Waals surface area contributed by atoms with Crippen molar-refractivity contribution in [1.29, 1.82) is 0 Å². The summed E-state index contributed by atoms with van der Waals surface area (Å²) >= 11 is 0. The highest BCUT2D eigenvalue weighted by Crippen LogP contribution is 2.21. The van der Waals surface area contributed by atoms with Gasteiger partial charge in [0.1, 0.15) is 0 Å². The highest BCUT2D eigenvalue weighted by atomic mass is 16.5. The van der Waals surface area contributed by atoms with Gasteiger partial charge in [0, 0.05) is 24.5 Å². The molecule has 5 nitrogen and oxygen atoms in total. The van der Waals surface area contributed by atoms with Gasteiger partial charge in [-0.3, -0.25) is 9.59 Å². The molecule has 1 saturated heterocycles. The van der Waals surface area contributed by atoms with Crippen molar-refractivity contribution in [1.82, 2.24) is 0 Å². The largest absolute Gasteiger partial charge is 0.455 e. The summed E-state index contributed by atoms with van der Waals surface area (Å²) in [7, 11) is 0. The van der Waals surface area contributed by atoms with Crippen LogP contribution in [0.4, 0.5) is 11.4 Å². The SMILES string of the molecule is Cc1ccc(CC(=O)OCC(=O)Nc2ccc(N3CCCC3)cc2)cc1. The van der Waals surface area contributed by atoms with Gasteiger partial charge in [-0.15, -0.1) is 0 Å². The third kappa shape index (κ3) is 5.09. The van der Waals surface area contributed by atoms with Crippen LogP contribution in [0.5, 0.6) is 0 Å². The molecule has 5 heteroatoms. The van der Waals surface area contributed by atoms with E-state index in [0.29, 0.717) is 5.69 Å². The first-order valence-electron chi connectivity index (χ1n) is 8.96. The van der Waals surface area contributed by atoms with Crippen LogP contribution in [0.15, 0.2) is 48.5 Å². The van der Waals surface area contributed by atoms with E-state index >= 15 is 0 Å². The van der Waals surface area contributed by atoms with Gasteiger partial charge >= 0.3 is 5.97 Å². The van der Waals surface area contributed by atoms with Crippen molar-refractivity contribution >= 4 is 23.3 Å². The molecule has 2 aromatic rings. The molecule has 0 saturated carbocycles. The lowest BCUT2D eigenvalue weighted by molar-refractivity contribution is -0.146. The summed E-state index contributed by atoms with van der Waals surface area (Å²) in [5.41, 5.74) is 3.88. The van der Waals surface area contributed by atoms with Crippen molar-refractivity contribution in [3.8, 4) is 0 Å². The minimum Gasteiger partial charge on any atom is -0.455 e. The number of nitrogens with one attached hydrogen (secondary N) is 1. The average Bonchev–Trinajstić information content (AvgIpc) is 3.17. The summed E-state index contributed by atoms with van der Waals surface area (Å²) in [6.45, 7) is 3.88. The zero-order valence-electron chi connectivity index (χ0n) is 15.0. The molecule has 2 aromatic carbocycles. The Kier molecular flexibility index (Phi) is 5.89. The third-order valence-electron chi connectivity index (χ3n) is 4.46. The second kappa shape index (κ2) is 8.52. The predicted octanol–water partition coefficient (Wildman–Crippen LogP) is 3.32. The number of hydrogen-bond acceptors (Lipinski definition) is 4. The molecule has 26 heavy (non-hydrogen) atoms. The van der Waals surface area contributed by atoms with Crippen LogP contribution in [-0.2, 0) is 20.7 Å². The van der Waals surface area contributed by atoms with E-state index in [1.807, 2.05) is 55.5 Å². The zero-order chi connectivity index (χ0) is 18.4. The number of aryl methyl sites for hydroxylation is 1. The van der Waals surface area contributed by atoms with Gasteiger partial charge in [0.2, 0.25) is 0 Å². The van der Waals surface area contributed by atoms with E-state index < -0.39 is 5.97 Å². The lowest BCUT2D eigenvalue weighted by atomic mass is 10.1. The summed E-state index contributed by atoms with van der Waals surface area (Å²) in [6.07, 6.45) is 2.62. The van der Waals surface area contributed by atoms with Crippen molar-refractivity contribution in [2.75, 3.05) is 29.9 Å². The first kappa shape index (κ1) is 18.0. The van der Waals surface area contributed by atoms with Crippen molar-refractivity contribution in [2.45, 2.75) is 26.2 Å². The molecule has 0 aliphatic carbocycles. The fourth-order valence-corrected chi connectivity index (χ4v) is 3.00. The molecule has 0 spiro atoms. The number of carbonyl (C=O) groups is 2. The van der Waals surface area contributed by atoms with Crippen LogP contribution in [0.2, 0.25) is 0 Å². The van der Waals surface area contributed by atoms with Gasteiger partial charge in [-0.2, -0.15) is 0 Å². The van der Waals surface area contributed by atoms with Gasteiger partial charge in [-0.05, 0) is 49.6 Å². The molecule has 0 atom stereocenters. The second-order valence-electron chi connectivity index (χ2n) is 6.61. The highest BCUT2D eigenvalue weighted by Gasteiger charge is 2.12. The fourth-order valence-electron chi connectivity index (χ4n) is 3.00. The van der Waals surface area contributed by atoms with E-state index in [1.165, 1.54) is 18.5 Å². The van der Waals surface area contributed by atoms with Gasteiger partial charge in [0.25, 0.3) is 5.91 Å². The molecule has 1 heterocycles. The predicted molar refractivity (Wildman–Crippen MR) is 102 cm³/mol.